The molecule has 1 rings (SSSR count). The average molecular weight is 170 g/mol. The van der Waals surface area contributed by atoms with Crippen molar-refractivity contribution in [2.75, 3.05) is 6.61 Å². The van der Waals surface area contributed by atoms with E-state index in [4.69, 9.17) is 4.74 Å². The van der Waals surface area contributed by atoms with Gasteiger partial charge in [0.2, 0.25) is 0 Å². The Labute approximate surface area is 72.0 Å². The third kappa shape index (κ3) is 3.54. The first kappa shape index (κ1) is 8.75. The van der Waals surface area contributed by atoms with E-state index in [1.54, 1.807) is 11.3 Å². The Hall–Kier alpha value is -0.340. The first-order chi connectivity index (χ1) is 5.29. The molecule has 1 aromatic rings. The summed E-state index contributed by atoms with van der Waals surface area (Å²) in [5, 5.41) is 2.08. The molecule has 0 saturated carbocycles. The minimum Gasteiger partial charge on any atom is -0.376 e. The molecule has 1 aromatic heterocycles. The highest BCUT2D eigenvalue weighted by Gasteiger charge is 1.95. The summed E-state index contributed by atoms with van der Waals surface area (Å²) in [5.74, 6) is 0.634. The van der Waals surface area contributed by atoms with Crippen molar-refractivity contribution in [3.8, 4) is 0 Å². The number of hydrogen-bond donors (Lipinski definition) is 0. The van der Waals surface area contributed by atoms with Gasteiger partial charge in [-0.25, -0.2) is 0 Å². The van der Waals surface area contributed by atoms with Crippen molar-refractivity contribution < 1.29 is 4.74 Å². The zero-order valence-corrected chi connectivity index (χ0v) is 7.86. The molecule has 0 atom stereocenters. The molecule has 1 nitrogen and oxygen atoms in total. The second-order valence-corrected chi connectivity index (χ2v) is 4.02. The molecule has 0 aliphatic rings. The maximum Gasteiger partial charge on any atom is 0.0809 e. The smallest absolute Gasteiger partial charge is 0.0809 e. The third-order valence-corrected chi connectivity index (χ3v) is 2.13. The van der Waals surface area contributed by atoms with Crippen LogP contribution in [0.5, 0.6) is 0 Å². The van der Waals surface area contributed by atoms with Gasteiger partial charge in [-0.15, -0.1) is 11.3 Å². The summed E-state index contributed by atoms with van der Waals surface area (Å²) < 4.78 is 5.45. The van der Waals surface area contributed by atoms with E-state index < -0.39 is 0 Å². The van der Waals surface area contributed by atoms with Crippen LogP contribution in [0.25, 0.3) is 0 Å². The van der Waals surface area contributed by atoms with Crippen LogP contribution in [0, 0.1) is 5.92 Å². The molecule has 0 bridgehead atoms. The van der Waals surface area contributed by atoms with E-state index in [-0.39, 0.29) is 0 Å². The zero-order valence-electron chi connectivity index (χ0n) is 7.04. The highest BCUT2D eigenvalue weighted by molar-refractivity contribution is 7.09. The van der Waals surface area contributed by atoms with Crippen molar-refractivity contribution in [1.82, 2.24) is 0 Å². The molecular weight excluding hydrogens is 156 g/mol. The molecule has 2 heteroatoms. The molecule has 0 saturated heterocycles. The Morgan fingerprint density at radius 2 is 2.36 bits per heavy atom. The van der Waals surface area contributed by atoms with Gasteiger partial charge in [-0.05, 0) is 17.4 Å². The van der Waals surface area contributed by atoms with Crippen molar-refractivity contribution in [3.63, 3.8) is 0 Å². The SMILES string of the molecule is CC(C)COCc1cccs1. The van der Waals surface area contributed by atoms with Gasteiger partial charge in [-0.1, -0.05) is 19.9 Å². The quantitative estimate of drug-likeness (QED) is 0.675. The summed E-state index contributed by atoms with van der Waals surface area (Å²) in [6, 6.07) is 4.16. The lowest BCUT2D eigenvalue weighted by Gasteiger charge is -2.04. The number of thiophene rings is 1. The van der Waals surface area contributed by atoms with Crippen molar-refractivity contribution in [1.29, 1.82) is 0 Å². The molecule has 0 unspecified atom stereocenters. The molecule has 0 aromatic carbocycles. The van der Waals surface area contributed by atoms with Crippen LogP contribution in [0.3, 0.4) is 0 Å². The fraction of sp³-hybridized carbons (Fsp3) is 0.556. The molecule has 0 spiro atoms. The van der Waals surface area contributed by atoms with Crippen LogP contribution in [0.4, 0.5) is 0 Å². The van der Waals surface area contributed by atoms with Gasteiger partial charge in [0, 0.05) is 11.5 Å². The van der Waals surface area contributed by atoms with E-state index >= 15 is 0 Å². The van der Waals surface area contributed by atoms with Gasteiger partial charge < -0.3 is 4.74 Å². The minimum absolute atomic E-state index is 0.634. The standard InChI is InChI=1S/C9H14OS/c1-8(2)6-10-7-9-4-3-5-11-9/h3-5,8H,6-7H2,1-2H3. The van der Waals surface area contributed by atoms with Gasteiger partial charge in [-0.2, -0.15) is 0 Å². The van der Waals surface area contributed by atoms with Crippen LogP contribution in [0.1, 0.15) is 18.7 Å². The summed E-state index contributed by atoms with van der Waals surface area (Å²) in [7, 11) is 0. The summed E-state index contributed by atoms with van der Waals surface area (Å²) in [6.45, 7) is 5.95. The highest BCUT2D eigenvalue weighted by atomic mass is 32.1. The molecule has 62 valence electrons. The molecule has 0 N–H and O–H groups in total. The topological polar surface area (TPSA) is 9.23 Å². The number of rotatable bonds is 4. The van der Waals surface area contributed by atoms with E-state index in [0.29, 0.717) is 5.92 Å². The Balaban J connectivity index is 2.14. The lowest BCUT2D eigenvalue weighted by Crippen LogP contribution is -2.00. The van der Waals surface area contributed by atoms with Gasteiger partial charge in [0.25, 0.3) is 0 Å². The molecular formula is C9H14OS. The van der Waals surface area contributed by atoms with Crippen molar-refractivity contribution in [2.45, 2.75) is 20.5 Å². The predicted octanol–water partition coefficient (Wildman–Crippen LogP) is 2.92. The summed E-state index contributed by atoms with van der Waals surface area (Å²) in [5.41, 5.74) is 0. The Morgan fingerprint density at radius 3 is 2.91 bits per heavy atom. The van der Waals surface area contributed by atoms with E-state index in [1.165, 1.54) is 4.88 Å². The maximum absolute atomic E-state index is 5.45. The van der Waals surface area contributed by atoms with Crippen LogP contribution in [0.15, 0.2) is 17.5 Å². The van der Waals surface area contributed by atoms with Gasteiger partial charge in [0.05, 0.1) is 6.61 Å². The molecule has 0 amide bonds. The molecule has 0 fully saturated rings. The summed E-state index contributed by atoms with van der Waals surface area (Å²) >= 11 is 1.75. The summed E-state index contributed by atoms with van der Waals surface area (Å²) in [6.07, 6.45) is 0. The van der Waals surface area contributed by atoms with E-state index in [9.17, 15) is 0 Å². The average Bonchev–Trinajstić information content (AvgIpc) is 2.39. The van der Waals surface area contributed by atoms with E-state index in [0.717, 1.165) is 13.2 Å². The van der Waals surface area contributed by atoms with Crippen molar-refractivity contribution in [3.05, 3.63) is 22.4 Å². The second kappa shape index (κ2) is 4.52. The normalized spacial score (nSPS) is 10.8. The van der Waals surface area contributed by atoms with Gasteiger partial charge in [-0.3, -0.25) is 0 Å². The Morgan fingerprint density at radius 1 is 1.55 bits per heavy atom. The molecule has 1 heterocycles. The van der Waals surface area contributed by atoms with Gasteiger partial charge in [0.1, 0.15) is 0 Å². The Kier molecular flexibility index (Phi) is 3.60. The molecule has 0 radical (unpaired) electrons. The largest absolute Gasteiger partial charge is 0.376 e. The Bertz CT molecular complexity index is 179. The van der Waals surface area contributed by atoms with Crippen LogP contribution < -0.4 is 0 Å². The molecule has 0 aliphatic carbocycles. The lowest BCUT2D eigenvalue weighted by atomic mass is 10.2. The number of ether oxygens (including phenoxy) is 1. The predicted molar refractivity (Wildman–Crippen MR) is 48.8 cm³/mol. The minimum atomic E-state index is 0.634. The van der Waals surface area contributed by atoms with Crippen molar-refractivity contribution >= 4 is 11.3 Å². The lowest BCUT2D eigenvalue weighted by molar-refractivity contribution is 0.0989. The fourth-order valence-corrected chi connectivity index (χ4v) is 1.43. The number of hydrogen-bond acceptors (Lipinski definition) is 2. The third-order valence-electron chi connectivity index (χ3n) is 1.28. The maximum atomic E-state index is 5.45. The fourth-order valence-electron chi connectivity index (χ4n) is 0.790. The first-order valence-electron chi connectivity index (χ1n) is 3.89. The molecule has 0 aliphatic heterocycles. The van der Waals surface area contributed by atoms with Gasteiger partial charge >= 0.3 is 0 Å². The van der Waals surface area contributed by atoms with E-state index in [1.807, 2.05) is 0 Å². The second-order valence-electron chi connectivity index (χ2n) is 2.99. The van der Waals surface area contributed by atoms with Crippen LogP contribution >= 0.6 is 11.3 Å². The van der Waals surface area contributed by atoms with Crippen molar-refractivity contribution in [2.24, 2.45) is 5.92 Å². The van der Waals surface area contributed by atoms with Gasteiger partial charge in [0.15, 0.2) is 0 Å². The zero-order chi connectivity index (χ0) is 8.10. The highest BCUT2D eigenvalue weighted by Crippen LogP contribution is 2.09. The summed E-state index contributed by atoms with van der Waals surface area (Å²) in [4.78, 5) is 1.31. The first-order valence-corrected chi connectivity index (χ1v) is 4.77. The van der Waals surface area contributed by atoms with Crippen LogP contribution in [0.2, 0.25) is 0 Å². The van der Waals surface area contributed by atoms with E-state index in [2.05, 4.69) is 31.4 Å². The monoisotopic (exact) mass is 170 g/mol. The van der Waals surface area contributed by atoms with Crippen LogP contribution in [-0.2, 0) is 11.3 Å². The van der Waals surface area contributed by atoms with Crippen LogP contribution in [-0.4, -0.2) is 6.61 Å². The molecule has 11 heavy (non-hydrogen) atoms.